The van der Waals surface area contributed by atoms with Crippen LogP contribution in [0.5, 0.6) is 0 Å². The Hall–Kier alpha value is -2.30. The summed E-state index contributed by atoms with van der Waals surface area (Å²) in [5.41, 5.74) is 3.83. The predicted octanol–water partition coefficient (Wildman–Crippen LogP) is 1.70. The third-order valence-electron chi connectivity index (χ3n) is 2.97. The number of nitrogens with zero attached hydrogens (tertiary/aromatic N) is 2. The number of carbonyl (C=O) groups is 1. The maximum absolute atomic E-state index is 11.4. The Morgan fingerprint density at radius 2 is 2.00 bits per heavy atom. The molecule has 0 spiro atoms. The summed E-state index contributed by atoms with van der Waals surface area (Å²) < 4.78 is 1.81. The summed E-state index contributed by atoms with van der Waals surface area (Å²) in [6.45, 7) is 2.71. The molecular formula is C14H18N4O. The summed E-state index contributed by atoms with van der Waals surface area (Å²) in [5, 5.41) is 10.2. The molecule has 0 bridgehead atoms. The molecule has 0 aliphatic rings. The van der Waals surface area contributed by atoms with E-state index in [9.17, 15) is 4.79 Å². The van der Waals surface area contributed by atoms with Crippen LogP contribution >= 0.6 is 0 Å². The molecule has 2 N–H and O–H groups in total. The molecule has 1 aromatic carbocycles. The fraction of sp³-hybridized carbons (Fsp3) is 0.286. The molecule has 0 radical (unpaired) electrons. The zero-order chi connectivity index (χ0) is 13.8. The Morgan fingerprint density at radius 3 is 2.53 bits per heavy atom. The number of benzene rings is 1. The van der Waals surface area contributed by atoms with Gasteiger partial charge in [-0.1, -0.05) is 0 Å². The summed E-state index contributed by atoms with van der Waals surface area (Å²) in [6.07, 6.45) is 2.00. The van der Waals surface area contributed by atoms with Gasteiger partial charge in [0, 0.05) is 43.7 Å². The molecule has 5 nitrogen and oxygen atoms in total. The third-order valence-corrected chi connectivity index (χ3v) is 2.97. The van der Waals surface area contributed by atoms with Crippen LogP contribution in [0.1, 0.15) is 21.6 Å². The monoisotopic (exact) mass is 258 g/mol. The van der Waals surface area contributed by atoms with Gasteiger partial charge in [-0.25, -0.2) is 0 Å². The number of carbonyl (C=O) groups excluding carboxylic acids is 1. The smallest absolute Gasteiger partial charge is 0.251 e. The highest BCUT2D eigenvalue weighted by Gasteiger charge is 2.04. The lowest BCUT2D eigenvalue weighted by Crippen LogP contribution is -2.17. The van der Waals surface area contributed by atoms with Crippen LogP contribution < -0.4 is 10.6 Å². The van der Waals surface area contributed by atoms with Gasteiger partial charge < -0.3 is 10.6 Å². The van der Waals surface area contributed by atoms with Crippen molar-refractivity contribution in [1.29, 1.82) is 0 Å². The van der Waals surface area contributed by atoms with Gasteiger partial charge in [0.15, 0.2) is 0 Å². The normalized spacial score (nSPS) is 10.3. The van der Waals surface area contributed by atoms with E-state index in [2.05, 4.69) is 15.7 Å². The van der Waals surface area contributed by atoms with Crippen LogP contribution in [0, 0.1) is 6.92 Å². The summed E-state index contributed by atoms with van der Waals surface area (Å²) in [5.74, 6) is -0.0744. The first-order chi connectivity index (χ1) is 9.10. The Kier molecular flexibility index (Phi) is 3.85. The standard InChI is InChI=1S/C14H18N4O/c1-10-12(9-18(3)17-10)8-16-13-6-4-11(5-7-13)14(19)15-2/h4-7,9,16H,8H2,1-3H3,(H,15,19). The van der Waals surface area contributed by atoms with Crippen molar-refractivity contribution in [1.82, 2.24) is 15.1 Å². The largest absolute Gasteiger partial charge is 0.381 e. The Bertz CT molecular complexity index is 572. The molecule has 0 saturated heterocycles. The zero-order valence-corrected chi connectivity index (χ0v) is 11.4. The van der Waals surface area contributed by atoms with Crippen LogP contribution in [0.4, 0.5) is 5.69 Å². The SMILES string of the molecule is CNC(=O)c1ccc(NCc2cn(C)nc2C)cc1. The molecule has 0 saturated carbocycles. The second-order valence-corrected chi connectivity index (χ2v) is 4.42. The van der Waals surface area contributed by atoms with Gasteiger partial charge >= 0.3 is 0 Å². The quantitative estimate of drug-likeness (QED) is 0.877. The molecule has 0 aliphatic heterocycles. The van der Waals surface area contributed by atoms with Crippen molar-refractivity contribution in [3.8, 4) is 0 Å². The van der Waals surface area contributed by atoms with E-state index in [1.165, 1.54) is 0 Å². The average molecular weight is 258 g/mol. The van der Waals surface area contributed by atoms with Crippen LogP contribution in [0.3, 0.4) is 0 Å². The average Bonchev–Trinajstić information content (AvgIpc) is 2.74. The number of hydrogen-bond acceptors (Lipinski definition) is 3. The summed E-state index contributed by atoms with van der Waals surface area (Å²) >= 11 is 0. The van der Waals surface area contributed by atoms with E-state index in [1.54, 1.807) is 23.9 Å². The molecule has 0 fully saturated rings. The number of nitrogens with one attached hydrogen (secondary N) is 2. The second-order valence-electron chi connectivity index (χ2n) is 4.42. The molecule has 1 aromatic heterocycles. The first-order valence-electron chi connectivity index (χ1n) is 6.15. The number of hydrogen-bond donors (Lipinski definition) is 2. The van der Waals surface area contributed by atoms with E-state index >= 15 is 0 Å². The fourth-order valence-electron chi connectivity index (χ4n) is 1.90. The molecule has 0 unspecified atom stereocenters. The van der Waals surface area contributed by atoms with Crippen LogP contribution in [0.2, 0.25) is 0 Å². The molecular weight excluding hydrogens is 240 g/mol. The Labute approximate surface area is 112 Å². The molecule has 2 aromatic rings. The van der Waals surface area contributed by atoms with Gasteiger partial charge in [0.25, 0.3) is 5.91 Å². The Balaban J connectivity index is 2.00. The molecule has 0 atom stereocenters. The van der Waals surface area contributed by atoms with E-state index in [0.717, 1.165) is 23.5 Å². The van der Waals surface area contributed by atoms with Crippen molar-refractivity contribution in [3.05, 3.63) is 47.3 Å². The summed E-state index contributed by atoms with van der Waals surface area (Å²) in [7, 11) is 3.54. The maximum atomic E-state index is 11.4. The highest BCUT2D eigenvalue weighted by molar-refractivity contribution is 5.94. The lowest BCUT2D eigenvalue weighted by Gasteiger charge is -2.06. The van der Waals surface area contributed by atoms with E-state index < -0.39 is 0 Å². The van der Waals surface area contributed by atoms with Gasteiger partial charge in [-0.15, -0.1) is 0 Å². The minimum Gasteiger partial charge on any atom is -0.381 e. The van der Waals surface area contributed by atoms with Gasteiger partial charge in [0.05, 0.1) is 5.69 Å². The molecule has 1 heterocycles. The second kappa shape index (κ2) is 5.56. The van der Waals surface area contributed by atoms with Crippen LogP contribution in [0.25, 0.3) is 0 Å². The van der Waals surface area contributed by atoms with Crippen molar-refractivity contribution in [2.75, 3.05) is 12.4 Å². The van der Waals surface area contributed by atoms with Crippen molar-refractivity contribution < 1.29 is 4.79 Å². The zero-order valence-electron chi connectivity index (χ0n) is 11.4. The van der Waals surface area contributed by atoms with E-state index in [0.29, 0.717) is 5.56 Å². The van der Waals surface area contributed by atoms with Crippen molar-refractivity contribution in [3.63, 3.8) is 0 Å². The van der Waals surface area contributed by atoms with Crippen LogP contribution in [-0.4, -0.2) is 22.7 Å². The molecule has 19 heavy (non-hydrogen) atoms. The third kappa shape index (κ3) is 3.13. The number of anilines is 1. The predicted molar refractivity (Wildman–Crippen MR) is 75.1 cm³/mol. The first-order valence-corrected chi connectivity index (χ1v) is 6.15. The van der Waals surface area contributed by atoms with E-state index in [4.69, 9.17) is 0 Å². The van der Waals surface area contributed by atoms with Gasteiger partial charge in [0.2, 0.25) is 0 Å². The van der Waals surface area contributed by atoms with E-state index in [1.807, 2.05) is 32.3 Å². The Morgan fingerprint density at radius 1 is 1.32 bits per heavy atom. The van der Waals surface area contributed by atoms with Gasteiger partial charge in [-0.3, -0.25) is 9.48 Å². The lowest BCUT2D eigenvalue weighted by atomic mass is 10.2. The van der Waals surface area contributed by atoms with Gasteiger partial charge in [0.1, 0.15) is 0 Å². The van der Waals surface area contributed by atoms with E-state index in [-0.39, 0.29) is 5.91 Å². The molecule has 2 rings (SSSR count). The first kappa shape index (κ1) is 13.1. The van der Waals surface area contributed by atoms with Gasteiger partial charge in [-0.05, 0) is 31.2 Å². The molecule has 0 aliphatic carbocycles. The number of rotatable bonds is 4. The van der Waals surface area contributed by atoms with Crippen LogP contribution in [0.15, 0.2) is 30.5 Å². The molecule has 1 amide bonds. The summed E-state index contributed by atoms with van der Waals surface area (Å²) in [4.78, 5) is 11.4. The van der Waals surface area contributed by atoms with Crippen molar-refractivity contribution >= 4 is 11.6 Å². The topological polar surface area (TPSA) is 59.0 Å². The van der Waals surface area contributed by atoms with Gasteiger partial charge in [-0.2, -0.15) is 5.10 Å². The van der Waals surface area contributed by atoms with Crippen LogP contribution in [-0.2, 0) is 13.6 Å². The highest BCUT2D eigenvalue weighted by atomic mass is 16.1. The van der Waals surface area contributed by atoms with Crippen molar-refractivity contribution in [2.45, 2.75) is 13.5 Å². The minimum atomic E-state index is -0.0744. The van der Waals surface area contributed by atoms with Crippen molar-refractivity contribution in [2.24, 2.45) is 7.05 Å². The highest BCUT2D eigenvalue weighted by Crippen LogP contribution is 2.12. The lowest BCUT2D eigenvalue weighted by molar-refractivity contribution is 0.0963. The number of amides is 1. The molecule has 5 heteroatoms. The molecule has 100 valence electrons. The minimum absolute atomic E-state index is 0.0744. The summed E-state index contributed by atoms with van der Waals surface area (Å²) in [6, 6.07) is 7.40. The number of aromatic nitrogens is 2. The number of aryl methyl sites for hydroxylation is 2. The maximum Gasteiger partial charge on any atom is 0.251 e. The fourth-order valence-corrected chi connectivity index (χ4v) is 1.90.